The van der Waals surface area contributed by atoms with Crippen molar-refractivity contribution < 1.29 is 26.0 Å². The van der Waals surface area contributed by atoms with Crippen LogP contribution >= 0.6 is 12.4 Å². The molecule has 2 rings (SSSR count). The Bertz CT molecular complexity index is 661. The lowest BCUT2D eigenvalue weighted by atomic mass is 10.2. The number of nitrogens with one attached hydrogen (secondary N) is 1. The van der Waals surface area contributed by atoms with Gasteiger partial charge in [0, 0.05) is 19.1 Å². The van der Waals surface area contributed by atoms with Crippen molar-refractivity contribution in [2.24, 2.45) is 0 Å². The van der Waals surface area contributed by atoms with Crippen LogP contribution in [0, 0.1) is 5.82 Å². The van der Waals surface area contributed by atoms with Gasteiger partial charge in [0.25, 0.3) is 0 Å². The third-order valence-corrected chi connectivity index (χ3v) is 5.70. The summed E-state index contributed by atoms with van der Waals surface area (Å²) in [5.41, 5.74) is -1.18. The molecule has 1 unspecified atom stereocenters. The molecule has 0 aliphatic carbocycles. The summed E-state index contributed by atoms with van der Waals surface area (Å²) in [6, 6.07) is 1.08. The molecular formula is C14H19ClF4N2O2S. The van der Waals surface area contributed by atoms with Crippen LogP contribution in [-0.2, 0) is 16.2 Å². The minimum Gasteiger partial charge on any atom is -0.315 e. The van der Waals surface area contributed by atoms with E-state index in [0.717, 1.165) is 4.31 Å². The number of alkyl halides is 3. The highest BCUT2D eigenvalue weighted by Crippen LogP contribution is 2.33. The van der Waals surface area contributed by atoms with Gasteiger partial charge in [-0.15, -0.1) is 12.4 Å². The van der Waals surface area contributed by atoms with E-state index in [9.17, 15) is 26.0 Å². The monoisotopic (exact) mass is 390 g/mol. The summed E-state index contributed by atoms with van der Waals surface area (Å²) >= 11 is 0. The van der Waals surface area contributed by atoms with Gasteiger partial charge in [0.1, 0.15) is 10.7 Å². The number of nitrogens with zero attached hydrogens (tertiary/aromatic N) is 1. The Morgan fingerprint density at radius 3 is 2.50 bits per heavy atom. The first-order chi connectivity index (χ1) is 10.7. The van der Waals surface area contributed by atoms with Gasteiger partial charge in [-0.1, -0.05) is 6.92 Å². The van der Waals surface area contributed by atoms with Gasteiger partial charge in [0.2, 0.25) is 10.0 Å². The van der Waals surface area contributed by atoms with Crippen LogP contribution in [0.15, 0.2) is 23.1 Å². The van der Waals surface area contributed by atoms with Crippen LogP contribution in [0.4, 0.5) is 17.6 Å². The molecule has 1 fully saturated rings. The van der Waals surface area contributed by atoms with Crippen LogP contribution in [0.25, 0.3) is 0 Å². The van der Waals surface area contributed by atoms with E-state index in [4.69, 9.17) is 0 Å². The van der Waals surface area contributed by atoms with Crippen molar-refractivity contribution in [2.45, 2.75) is 36.9 Å². The van der Waals surface area contributed by atoms with E-state index in [-0.39, 0.29) is 25.0 Å². The molecule has 0 saturated carbocycles. The normalized spacial score (nSPS) is 18.7. The largest absolute Gasteiger partial charge is 0.416 e. The summed E-state index contributed by atoms with van der Waals surface area (Å²) in [5.74, 6) is -1.18. The number of halogens is 5. The standard InChI is InChI=1S/C14H18F4N2O2S.ClH/c1-2-7-20(11-5-6-19-9-11)23(21,22)13-8-10(14(16,17)18)3-4-12(13)15;/h3-4,8,11,19H,2,5-7,9H2,1H3;1H. The fourth-order valence-corrected chi connectivity index (χ4v) is 4.45. The molecule has 4 nitrogen and oxygen atoms in total. The fraction of sp³-hybridized carbons (Fsp3) is 0.571. The molecule has 0 amide bonds. The van der Waals surface area contributed by atoms with E-state index in [0.29, 0.717) is 44.1 Å². The van der Waals surface area contributed by atoms with Gasteiger partial charge in [0.05, 0.1) is 5.56 Å². The Morgan fingerprint density at radius 2 is 2.00 bits per heavy atom. The van der Waals surface area contributed by atoms with Crippen molar-refractivity contribution in [2.75, 3.05) is 19.6 Å². The molecule has 1 aliphatic heterocycles. The topological polar surface area (TPSA) is 49.4 Å². The van der Waals surface area contributed by atoms with Gasteiger partial charge in [-0.05, 0) is 37.6 Å². The van der Waals surface area contributed by atoms with Crippen molar-refractivity contribution in [1.29, 1.82) is 0 Å². The third kappa shape index (κ3) is 4.38. The summed E-state index contributed by atoms with van der Waals surface area (Å²) in [6.07, 6.45) is -3.71. The molecule has 1 atom stereocenters. The Hall–Kier alpha value is -0.900. The molecule has 1 saturated heterocycles. The quantitative estimate of drug-likeness (QED) is 0.786. The van der Waals surface area contributed by atoms with Crippen molar-refractivity contribution in [3.8, 4) is 0 Å². The van der Waals surface area contributed by atoms with Gasteiger partial charge in [-0.25, -0.2) is 12.8 Å². The van der Waals surface area contributed by atoms with Crippen LogP contribution in [0.2, 0.25) is 0 Å². The van der Waals surface area contributed by atoms with Crippen LogP contribution < -0.4 is 5.32 Å². The number of hydrogen-bond donors (Lipinski definition) is 1. The lowest BCUT2D eigenvalue weighted by Gasteiger charge is -2.27. The van der Waals surface area contributed by atoms with E-state index in [1.807, 2.05) is 0 Å². The molecular weight excluding hydrogens is 372 g/mol. The zero-order valence-corrected chi connectivity index (χ0v) is 14.6. The predicted molar refractivity (Wildman–Crippen MR) is 84.1 cm³/mol. The van der Waals surface area contributed by atoms with E-state index < -0.39 is 32.5 Å². The van der Waals surface area contributed by atoms with Crippen molar-refractivity contribution in [1.82, 2.24) is 9.62 Å². The van der Waals surface area contributed by atoms with Gasteiger partial charge >= 0.3 is 6.18 Å². The highest BCUT2D eigenvalue weighted by atomic mass is 35.5. The second-order valence-electron chi connectivity index (χ2n) is 5.41. The molecule has 1 heterocycles. The van der Waals surface area contributed by atoms with Gasteiger partial charge < -0.3 is 5.32 Å². The maximum Gasteiger partial charge on any atom is 0.416 e. The average Bonchev–Trinajstić information content (AvgIpc) is 2.97. The molecule has 10 heteroatoms. The first-order valence-corrected chi connectivity index (χ1v) is 8.71. The van der Waals surface area contributed by atoms with Gasteiger partial charge in [-0.2, -0.15) is 17.5 Å². The van der Waals surface area contributed by atoms with Crippen LogP contribution in [0.1, 0.15) is 25.3 Å². The number of benzene rings is 1. The highest BCUT2D eigenvalue weighted by Gasteiger charge is 2.37. The maximum atomic E-state index is 14.0. The minimum atomic E-state index is -4.73. The van der Waals surface area contributed by atoms with Crippen LogP contribution in [0.3, 0.4) is 0 Å². The molecule has 1 N–H and O–H groups in total. The minimum absolute atomic E-state index is 0. The Kier molecular flexibility index (Phi) is 7.04. The first-order valence-electron chi connectivity index (χ1n) is 7.27. The van der Waals surface area contributed by atoms with E-state index in [1.165, 1.54) is 0 Å². The molecule has 138 valence electrons. The summed E-state index contributed by atoms with van der Waals surface area (Å²) < 4.78 is 78.8. The zero-order chi connectivity index (χ0) is 17.3. The third-order valence-electron chi connectivity index (χ3n) is 3.73. The predicted octanol–water partition coefficient (Wildman–Crippen LogP) is 3.03. The fourth-order valence-electron chi connectivity index (χ4n) is 2.61. The number of sulfonamides is 1. The summed E-state index contributed by atoms with van der Waals surface area (Å²) in [7, 11) is -4.34. The smallest absolute Gasteiger partial charge is 0.315 e. The summed E-state index contributed by atoms with van der Waals surface area (Å²) in [4.78, 5) is -0.923. The second kappa shape index (κ2) is 7.99. The first kappa shape index (κ1) is 21.1. The second-order valence-corrected chi connectivity index (χ2v) is 7.26. The van der Waals surface area contributed by atoms with E-state index >= 15 is 0 Å². The summed E-state index contributed by atoms with van der Waals surface area (Å²) in [5, 5.41) is 3.01. The average molecular weight is 391 g/mol. The lowest BCUT2D eigenvalue weighted by molar-refractivity contribution is -0.137. The van der Waals surface area contributed by atoms with E-state index in [1.54, 1.807) is 6.92 Å². The SMILES string of the molecule is CCCN(C1CCNC1)S(=O)(=O)c1cc(C(F)(F)F)ccc1F.Cl. The van der Waals surface area contributed by atoms with Crippen LogP contribution in [-0.4, -0.2) is 38.4 Å². The Balaban J connectivity index is 0.00000288. The summed E-state index contributed by atoms with van der Waals surface area (Å²) in [6.45, 7) is 2.91. The molecule has 1 aromatic carbocycles. The molecule has 0 bridgehead atoms. The van der Waals surface area contributed by atoms with Crippen molar-refractivity contribution in [3.63, 3.8) is 0 Å². The highest BCUT2D eigenvalue weighted by molar-refractivity contribution is 7.89. The molecule has 0 radical (unpaired) electrons. The van der Waals surface area contributed by atoms with Gasteiger partial charge in [0.15, 0.2) is 0 Å². The Labute approximate surface area is 144 Å². The number of rotatable bonds is 5. The van der Waals surface area contributed by atoms with E-state index in [2.05, 4.69) is 5.32 Å². The molecule has 1 aliphatic rings. The molecule has 0 aromatic heterocycles. The van der Waals surface area contributed by atoms with Crippen molar-refractivity contribution in [3.05, 3.63) is 29.6 Å². The van der Waals surface area contributed by atoms with Crippen LogP contribution in [0.5, 0.6) is 0 Å². The molecule has 1 aromatic rings. The van der Waals surface area contributed by atoms with Gasteiger partial charge in [-0.3, -0.25) is 0 Å². The molecule has 0 spiro atoms. The number of hydrogen-bond acceptors (Lipinski definition) is 3. The Morgan fingerprint density at radius 1 is 1.33 bits per heavy atom. The zero-order valence-electron chi connectivity index (χ0n) is 12.9. The lowest BCUT2D eigenvalue weighted by Crippen LogP contribution is -2.42. The molecule has 24 heavy (non-hydrogen) atoms. The van der Waals surface area contributed by atoms with Crippen molar-refractivity contribution >= 4 is 22.4 Å². The maximum absolute atomic E-state index is 14.0.